The highest BCUT2D eigenvalue weighted by atomic mass is 79.9. The Balaban J connectivity index is 2.22. The first-order valence-corrected chi connectivity index (χ1v) is 7.50. The van der Waals surface area contributed by atoms with Crippen LogP contribution in [0.2, 0.25) is 0 Å². The van der Waals surface area contributed by atoms with Crippen molar-refractivity contribution in [2.75, 3.05) is 40.4 Å². The van der Waals surface area contributed by atoms with Gasteiger partial charge in [-0.15, -0.1) is 0 Å². The number of nitrogens with one attached hydrogen (secondary N) is 1. The quantitative estimate of drug-likeness (QED) is 0.698. The SMILES string of the molecule is CCn1nc(C)c(Br)c1CNCCOCCN(C)C. The molecule has 0 radical (unpaired) electrons. The summed E-state index contributed by atoms with van der Waals surface area (Å²) in [5.41, 5.74) is 2.24. The molecule has 0 aliphatic rings. The molecule has 0 atom stereocenters. The summed E-state index contributed by atoms with van der Waals surface area (Å²) in [6, 6.07) is 0. The lowest BCUT2D eigenvalue weighted by atomic mass is 10.3. The zero-order valence-corrected chi connectivity index (χ0v) is 14.0. The Labute approximate surface area is 124 Å². The van der Waals surface area contributed by atoms with E-state index in [1.165, 1.54) is 5.69 Å². The molecule has 19 heavy (non-hydrogen) atoms. The molecule has 0 amide bonds. The van der Waals surface area contributed by atoms with Gasteiger partial charge in [0.2, 0.25) is 0 Å². The van der Waals surface area contributed by atoms with Gasteiger partial charge in [0.25, 0.3) is 0 Å². The van der Waals surface area contributed by atoms with Crippen LogP contribution in [0.4, 0.5) is 0 Å². The van der Waals surface area contributed by atoms with Gasteiger partial charge in [0.05, 0.1) is 29.1 Å². The molecule has 0 aliphatic heterocycles. The van der Waals surface area contributed by atoms with E-state index < -0.39 is 0 Å². The van der Waals surface area contributed by atoms with Crippen molar-refractivity contribution in [3.63, 3.8) is 0 Å². The first-order valence-electron chi connectivity index (χ1n) is 6.71. The first kappa shape index (κ1) is 16.6. The zero-order valence-electron chi connectivity index (χ0n) is 12.4. The number of hydrogen-bond donors (Lipinski definition) is 1. The van der Waals surface area contributed by atoms with E-state index in [4.69, 9.17) is 4.74 Å². The molecule has 1 heterocycles. The summed E-state index contributed by atoms with van der Waals surface area (Å²) in [6.07, 6.45) is 0. The minimum absolute atomic E-state index is 0.741. The van der Waals surface area contributed by atoms with Gasteiger partial charge < -0.3 is 15.0 Å². The second-order valence-electron chi connectivity index (χ2n) is 4.75. The summed E-state index contributed by atoms with van der Waals surface area (Å²) >= 11 is 3.59. The molecule has 1 rings (SSSR count). The maximum atomic E-state index is 5.54. The minimum Gasteiger partial charge on any atom is -0.379 e. The number of rotatable bonds is 9. The van der Waals surface area contributed by atoms with Crippen LogP contribution < -0.4 is 5.32 Å². The standard InChI is InChI=1S/C13H25BrN4O/c1-5-18-12(13(14)11(2)16-18)10-15-6-8-19-9-7-17(3)4/h15H,5-10H2,1-4H3. The molecular formula is C13H25BrN4O. The molecule has 0 unspecified atom stereocenters. The van der Waals surface area contributed by atoms with Crippen molar-refractivity contribution in [1.29, 1.82) is 0 Å². The van der Waals surface area contributed by atoms with Crippen molar-refractivity contribution in [3.8, 4) is 0 Å². The lowest BCUT2D eigenvalue weighted by Crippen LogP contribution is -2.24. The molecule has 0 saturated carbocycles. The molecule has 0 bridgehead atoms. The highest BCUT2D eigenvalue weighted by molar-refractivity contribution is 9.10. The fourth-order valence-electron chi connectivity index (χ4n) is 1.74. The number of hydrogen-bond acceptors (Lipinski definition) is 4. The van der Waals surface area contributed by atoms with Gasteiger partial charge in [0.15, 0.2) is 0 Å². The van der Waals surface area contributed by atoms with Gasteiger partial charge in [-0.25, -0.2) is 0 Å². The predicted octanol–water partition coefficient (Wildman–Crippen LogP) is 1.64. The number of aromatic nitrogens is 2. The van der Waals surface area contributed by atoms with Crippen LogP contribution in [0.5, 0.6) is 0 Å². The highest BCUT2D eigenvalue weighted by Gasteiger charge is 2.10. The molecule has 0 saturated heterocycles. The number of halogens is 1. The second kappa shape index (κ2) is 8.68. The third kappa shape index (κ3) is 5.60. The van der Waals surface area contributed by atoms with Crippen LogP contribution >= 0.6 is 15.9 Å². The largest absolute Gasteiger partial charge is 0.379 e. The Morgan fingerprint density at radius 2 is 2.11 bits per heavy atom. The van der Waals surface area contributed by atoms with E-state index in [-0.39, 0.29) is 0 Å². The van der Waals surface area contributed by atoms with Crippen LogP contribution in [0.1, 0.15) is 18.3 Å². The third-order valence-corrected chi connectivity index (χ3v) is 3.88. The highest BCUT2D eigenvalue weighted by Crippen LogP contribution is 2.20. The second-order valence-corrected chi connectivity index (χ2v) is 5.55. The van der Waals surface area contributed by atoms with E-state index in [1.54, 1.807) is 0 Å². The van der Waals surface area contributed by atoms with Gasteiger partial charge in [-0.1, -0.05) is 0 Å². The summed E-state index contributed by atoms with van der Waals surface area (Å²) < 4.78 is 8.67. The minimum atomic E-state index is 0.741. The maximum absolute atomic E-state index is 5.54. The van der Waals surface area contributed by atoms with E-state index in [0.29, 0.717) is 0 Å². The fourth-order valence-corrected chi connectivity index (χ4v) is 2.16. The maximum Gasteiger partial charge on any atom is 0.0739 e. The van der Waals surface area contributed by atoms with E-state index in [2.05, 4.69) is 38.2 Å². The van der Waals surface area contributed by atoms with Crippen molar-refractivity contribution < 1.29 is 4.74 Å². The van der Waals surface area contributed by atoms with Crippen LogP contribution in [0.15, 0.2) is 4.47 Å². The Morgan fingerprint density at radius 1 is 1.37 bits per heavy atom. The average Bonchev–Trinajstić information content (AvgIpc) is 2.64. The van der Waals surface area contributed by atoms with Crippen molar-refractivity contribution in [3.05, 3.63) is 15.9 Å². The van der Waals surface area contributed by atoms with Gasteiger partial charge in [-0.05, 0) is 43.9 Å². The summed E-state index contributed by atoms with van der Waals surface area (Å²) in [5.74, 6) is 0. The van der Waals surface area contributed by atoms with Gasteiger partial charge >= 0.3 is 0 Å². The summed E-state index contributed by atoms with van der Waals surface area (Å²) in [4.78, 5) is 2.12. The third-order valence-electron chi connectivity index (χ3n) is 2.85. The van der Waals surface area contributed by atoms with Crippen LogP contribution in [0.3, 0.4) is 0 Å². The van der Waals surface area contributed by atoms with Crippen LogP contribution in [0.25, 0.3) is 0 Å². The topological polar surface area (TPSA) is 42.3 Å². The Bertz CT molecular complexity index is 379. The van der Waals surface area contributed by atoms with E-state index in [0.717, 1.165) is 49.6 Å². The van der Waals surface area contributed by atoms with E-state index >= 15 is 0 Å². The summed E-state index contributed by atoms with van der Waals surface area (Å²) in [7, 11) is 4.10. The summed E-state index contributed by atoms with van der Waals surface area (Å²) in [6.45, 7) is 9.17. The van der Waals surface area contributed by atoms with Crippen molar-refractivity contribution in [1.82, 2.24) is 20.0 Å². The molecule has 1 aromatic rings. The smallest absolute Gasteiger partial charge is 0.0739 e. The fraction of sp³-hybridized carbons (Fsp3) is 0.769. The molecule has 6 heteroatoms. The number of aryl methyl sites for hydroxylation is 2. The van der Waals surface area contributed by atoms with Crippen LogP contribution in [-0.2, 0) is 17.8 Å². The van der Waals surface area contributed by atoms with Crippen molar-refractivity contribution >= 4 is 15.9 Å². The first-order chi connectivity index (χ1) is 9.06. The Hall–Kier alpha value is -0.430. The van der Waals surface area contributed by atoms with Crippen LogP contribution in [0, 0.1) is 6.92 Å². The normalized spacial score (nSPS) is 11.5. The molecule has 0 aliphatic carbocycles. The zero-order chi connectivity index (χ0) is 14.3. The summed E-state index contributed by atoms with van der Waals surface area (Å²) in [5, 5.41) is 7.86. The molecule has 0 spiro atoms. The number of ether oxygens (including phenoxy) is 1. The number of likely N-dealkylation sites (N-methyl/N-ethyl adjacent to an activating group) is 1. The van der Waals surface area contributed by atoms with Gasteiger partial charge in [0, 0.05) is 26.2 Å². The monoisotopic (exact) mass is 332 g/mol. The molecule has 110 valence electrons. The number of nitrogens with zero attached hydrogens (tertiary/aromatic N) is 3. The van der Waals surface area contributed by atoms with Crippen molar-refractivity contribution in [2.45, 2.75) is 26.9 Å². The lowest BCUT2D eigenvalue weighted by Gasteiger charge is -2.10. The van der Waals surface area contributed by atoms with E-state index in [1.807, 2.05) is 25.7 Å². The average molecular weight is 333 g/mol. The van der Waals surface area contributed by atoms with Crippen LogP contribution in [-0.4, -0.2) is 55.1 Å². The lowest BCUT2D eigenvalue weighted by molar-refractivity contribution is 0.119. The molecule has 5 nitrogen and oxygen atoms in total. The van der Waals surface area contributed by atoms with Gasteiger partial charge in [0.1, 0.15) is 0 Å². The Morgan fingerprint density at radius 3 is 2.74 bits per heavy atom. The van der Waals surface area contributed by atoms with Crippen molar-refractivity contribution in [2.24, 2.45) is 0 Å². The molecule has 1 aromatic heterocycles. The van der Waals surface area contributed by atoms with Gasteiger partial charge in [-0.2, -0.15) is 5.10 Å². The predicted molar refractivity (Wildman–Crippen MR) is 81.4 cm³/mol. The van der Waals surface area contributed by atoms with Gasteiger partial charge in [-0.3, -0.25) is 4.68 Å². The molecular weight excluding hydrogens is 308 g/mol. The molecule has 0 aromatic carbocycles. The molecule has 1 N–H and O–H groups in total. The Kier molecular flexibility index (Phi) is 7.60. The van der Waals surface area contributed by atoms with E-state index in [9.17, 15) is 0 Å². The molecule has 0 fully saturated rings.